The van der Waals surface area contributed by atoms with Gasteiger partial charge in [-0.25, -0.2) is 4.98 Å². The number of carbonyl (C=O) groups excluding carboxylic acids is 1. The molecule has 0 unspecified atom stereocenters. The fraction of sp³-hybridized carbons (Fsp3) is 0.200. The van der Waals surface area contributed by atoms with Gasteiger partial charge >= 0.3 is 6.18 Å². The molecule has 0 fully saturated rings. The summed E-state index contributed by atoms with van der Waals surface area (Å²) in [7, 11) is 0. The third-order valence-electron chi connectivity index (χ3n) is 4.26. The number of H-pyrrole nitrogens is 1. The van der Waals surface area contributed by atoms with Crippen LogP contribution in [0.1, 0.15) is 17.3 Å². The molecule has 1 amide bonds. The number of thioether (sulfide) groups is 1. The van der Waals surface area contributed by atoms with Crippen molar-refractivity contribution in [3.8, 4) is 0 Å². The number of hydrogen-bond donors (Lipinski definition) is 2. The van der Waals surface area contributed by atoms with Crippen LogP contribution in [-0.4, -0.2) is 31.8 Å². The first-order valence-electron chi connectivity index (χ1n) is 9.23. The van der Waals surface area contributed by atoms with Gasteiger partial charge in [0.1, 0.15) is 5.82 Å². The number of aromatic nitrogens is 4. The molecule has 0 radical (unpaired) electrons. The molecular weight excluding hydrogens is 431 g/mol. The Morgan fingerprint density at radius 1 is 1.10 bits per heavy atom. The Labute approximate surface area is 178 Å². The average Bonchev–Trinajstić information content (AvgIpc) is 3.36. The van der Waals surface area contributed by atoms with Crippen LogP contribution in [0.15, 0.2) is 58.2 Å². The second-order valence-electron chi connectivity index (χ2n) is 6.58. The minimum atomic E-state index is -4.47. The molecule has 2 aromatic heterocycles. The summed E-state index contributed by atoms with van der Waals surface area (Å²) in [5, 5.41) is 10.5. The van der Waals surface area contributed by atoms with Crippen molar-refractivity contribution in [3.63, 3.8) is 0 Å². The zero-order valence-electron chi connectivity index (χ0n) is 15.9. The molecule has 4 rings (SSSR count). The lowest BCUT2D eigenvalue weighted by Gasteiger charge is -2.09. The topological polar surface area (TPSA) is 96.7 Å². The van der Waals surface area contributed by atoms with E-state index in [1.54, 1.807) is 0 Å². The Morgan fingerprint density at radius 2 is 1.94 bits per heavy atom. The first-order valence-corrected chi connectivity index (χ1v) is 10.2. The van der Waals surface area contributed by atoms with Gasteiger partial charge in [0.25, 0.3) is 5.22 Å². The minimum Gasteiger partial charge on any atom is -0.416 e. The summed E-state index contributed by atoms with van der Waals surface area (Å²) in [5.41, 5.74) is 1.07. The molecule has 7 nitrogen and oxygen atoms in total. The van der Waals surface area contributed by atoms with Gasteiger partial charge in [-0.05, 0) is 30.3 Å². The molecular formula is C20H16F3N5O2S. The Balaban J connectivity index is 1.27. The fourth-order valence-corrected chi connectivity index (χ4v) is 3.42. The van der Waals surface area contributed by atoms with Crippen LogP contribution in [0.25, 0.3) is 11.0 Å². The highest BCUT2D eigenvalue weighted by Gasteiger charge is 2.30. The van der Waals surface area contributed by atoms with E-state index < -0.39 is 17.6 Å². The number of benzene rings is 2. The van der Waals surface area contributed by atoms with Gasteiger partial charge in [-0.15, -0.1) is 10.2 Å². The number of amides is 1. The Bertz CT molecular complexity index is 1170. The number of rotatable bonds is 7. The van der Waals surface area contributed by atoms with Gasteiger partial charge in [0.2, 0.25) is 11.8 Å². The van der Waals surface area contributed by atoms with E-state index in [4.69, 9.17) is 4.42 Å². The highest BCUT2D eigenvalue weighted by atomic mass is 32.2. The van der Waals surface area contributed by atoms with Gasteiger partial charge in [0.05, 0.1) is 22.3 Å². The quantitative estimate of drug-likeness (QED) is 0.406. The van der Waals surface area contributed by atoms with E-state index in [9.17, 15) is 18.0 Å². The van der Waals surface area contributed by atoms with E-state index in [0.29, 0.717) is 18.7 Å². The summed E-state index contributed by atoms with van der Waals surface area (Å²) >= 11 is 1.01. The van der Waals surface area contributed by atoms with Crippen LogP contribution in [0.2, 0.25) is 0 Å². The smallest absolute Gasteiger partial charge is 0.416 e. The van der Waals surface area contributed by atoms with Gasteiger partial charge in [0.15, 0.2) is 0 Å². The van der Waals surface area contributed by atoms with Crippen molar-refractivity contribution >= 4 is 34.4 Å². The van der Waals surface area contributed by atoms with Gasteiger partial charge in [-0.1, -0.05) is 30.0 Å². The Hall–Kier alpha value is -3.34. The molecule has 0 aliphatic carbocycles. The fourth-order valence-electron chi connectivity index (χ4n) is 2.84. The van der Waals surface area contributed by atoms with Gasteiger partial charge < -0.3 is 14.7 Å². The number of nitrogens with one attached hydrogen (secondary N) is 2. The van der Waals surface area contributed by atoms with Crippen molar-refractivity contribution in [1.82, 2.24) is 20.2 Å². The van der Waals surface area contributed by atoms with E-state index in [1.807, 2.05) is 24.3 Å². The molecule has 0 aliphatic rings. The normalized spacial score (nSPS) is 11.7. The number of imidazole rings is 1. The van der Waals surface area contributed by atoms with Crippen LogP contribution in [0.4, 0.5) is 18.9 Å². The monoisotopic (exact) mass is 447 g/mol. The van der Waals surface area contributed by atoms with Gasteiger partial charge in [0, 0.05) is 18.5 Å². The largest absolute Gasteiger partial charge is 0.416 e. The lowest BCUT2D eigenvalue weighted by molar-refractivity contribution is -0.137. The van der Waals surface area contributed by atoms with E-state index in [-0.39, 0.29) is 16.7 Å². The number of hydrogen-bond acceptors (Lipinski definition) is 6. The molecule has 0 saturated carbocycles. The molecule has 2 heterocycles. The van der Waals surface area contributed by atoms with Crippen LogP contribution in [0.5, 0.6) is 0 Å². The second kappa shape index (κ2) is 8.80. The third kappa shape index (κ3) is 5.43. The summed E-state index contributed by atoms with van der Waals surface area (Å²) in [6, 6.07) is 12.1. The second-order valence-corrected chi connectivity index (χ2v) is 7.50. The van der Waals surface area contributed by atoms with Crippen LogP contribution in [0.3, 0.4) is 0 Å². The van der Waals surface area contributed by atoms with Crippen LogP contribution in [-0.2, 0) is 23.8 Å². The predicted molar refractivity (Wildman–Crippen MR) is 109 cm³/mol. The first-order chi connectivity index (χ1) is 14.9. The predicted octanol–water partition coefficient (Wildman–Crippen LogP) is 4.48. The molecule has 0 bridgehead atoms. The maximum absolute atomic E-state index is 12.8. The Kier molecular flexibility index (Phi) is 5.94. The van der Waals surface area contributed by atoms with Gasteiger partial charge in [-0.3, -0.25) is 4.79 Å². The zero-order chi connectivity index (χ0) is 21.8. The number of aromatic amines is 1. The highest BCUT2D eigenvalue weighted by molar-refractivity contribution is 7.99. The molecule has 0 aliphatic heterocycles. The van der Waals surface area contributed by atoms with E-state index in [2.05, 4.69) is 25.5 Å². The molecule has 31 heavy (non-hydrogen) atoms. The number of carbonyl (C=O) groups is 1. The minimum absolute atomic E-state index is 0.0671. The number of para-hydroxylation sites is 2. The first kappa shape index (κ1) is 20.9. The van der Waals surface area contributed by atoms with E-state index >= 15 is 0 Å². The summed E-state index contributed by atoms with van der Waals surface area (Å²) in [6.07, 6.45) is -3.42. The maximum atomic E-state index is 12.8. The third-order valence-corrected chi connectivity index (χ3v) is 5.08. The highest BCUT2D eigenvalue weighted by Crippen LogP contribution is 2.30. The molecule has 0 spiro atoms. The number of alkyl halides is 3. The molecule has 2 aromatic carbocycles. The molecule has 4 aromatic rings. The Morgan fingerprint density at radius 3 is 2.74 bits per heavy atom. The van der Waals surface area contributed by atoms with Crippen molar-refractivity contribution in [2.75, 3.05) is 11.1 Å². The SMILES string of the molecule is O=C(CSc1nnc(CCc2nc3ccccc3[nH]2)o1)Nc1cccc(C(F)(F)F)c1. The summed E-state index contributed by atoms with van der Waals surface area (Å²) in [5.74, 6) is 0.642. The van der Waals surface area contributed by atoms with Crippen molar-refractivity contribution in [2.24, 2.45) is 0 Å². The number of anilines is 1. The molecule has 2 N–H and O–H groups in total. The van der Waals surface area contributed by atoms with Gasteiger partial charge in [-0.2, -0.15) is 13.2 Å². The molecule has 0 saturated heterocycles. The van der Waals surface area contributed by atoms with Crippen molar-refractivity contribution in [3.05, 3.63) is 65.8 Å². The number of aryl methyl sites for hydroxylation is 2. The van der Waals surface area contributed by atoms with Crippen LogP contribution >= 0.6 is 11.8 Å². The van der Waals surface area contributed by atoms with Crippen molar-refractivity contribution < 1.29 is 22.4 Å². The molecule has 11 heteroatoms. The van der Waals surface area contributed by atoms with E-state index in [1.165, 1.54) is 12.1 Å². The summed E-state index contributed by atoms with van der Waals surface area (Å²) < 4.78 is 43.8. The maximum Gasteiger partial charge on any atom is 0.416 e. The lowest BCUT2D eigenvalue weighted by atomic mass is 10.2. The summed E-state index contributed by atoms with van der Waals surface area (Å²) in [4.78, 5) is 19.7. The van der Waals surface area contributed by atoms with Crippen LogP contribution < -0.4 is 5.32 Å². The number of fused-ring (bicyclic) bond motifs is 1. The number of halogens is 3. The zero-order valence-corrected chi connectivity index (χ0v) is 16.8. The molecule has 0 atom stereocenters. The van der Waals surface area contributed by atoms with Crippen molar-refractivity contribution in [2.45, 2.75) is 24.2 Å². The van der Waals surface area contributed by atoms with Crippen molar-refractivity contribution in [1.29, 1.82) is 0 Å². The standard InChI is InChI=1S/C20H16F3N5O2S/c21-20(22,23)12-4-3-5-13(10-12)24-17(29)11-31-19-28-27-18(30-19)9-8-16-25-14-6-1-2-7-15(14)26-16/h1-7,10H,8-9,11H2,(H,24,29)(H,25,26). The average molecular weight is 447 g/mol. The van der Waals surface area contributed by atoms with E-state index in [0.717, 1.165) is 40.8 Å². The molecule has 160 valence electrons. The summed E-state index contributed by atoms with van der Waals surface area (Å²) in [6.45, 7) is 0. The van der Waals surface area contributed by atoms with Crippen LogP contribution in [0, 0.1) is 0 Å². The number of nitrogens with zero attached hydrogens (tertiary/aromatic N) is 3. The lowest BCUT2D eigenvalue weighted by Crippen LogP contribution is -2.15.